The minimum absolute atomic E-state index is 0.363. The van der Waals surface area contributed by atoms with E-state index in [1.165, 1.54) is 16.1 Å². The molecule has 0 saturated carbocycles. The van der Waals surface area contributed by atoms with Crippen molar-refractivity contribution in [2.75, 3.05) is 18.0 Å². The van der Waals surface area contributed by atoms with E-state index in [1.807, 2.05) is 6.20 Å². The van der Waals surface area contributed by atoms with Gasteiger partial charge in [-0.1, -0.05) is 36.5 Å². The molecule has 2 rings (SSSR count). The number of nitrogens with one attached hydrogen (secondary N) is 1. The van der Waals surface area contributed by atoms with Gasteiger partial charge >= 0.3 is 0 Å². The van der Waals surface area contributed by atoms with E-state index in [2.05, 4.69) is 67.2 Å². The Kier molecular flexibility index (Phi) is 5.15. The van der Waals surface area contributed by atoms with Crippen LogP contribution in [0.2, 0.25) is 0 Å². The molecule has 0 spiro atoms. The number of hydrogen-bond donors (Lipinski definition) is 1. The summed E-state index contributed by atoms with van der Waals surface area (Å²) in [6, 6.07) is 8.83. The van der Waals surface area contributed by atoms with Gasteiger partial charge < -0.3 is 10.2 Å². The predicted molar refractivity (Wildman–Crippen MR) is 88.1 cm³/mol. The maximum Gasteiger partial charge on any atom is 0.190 e. The van der Waals surface area contributed by atoms with E-state index in [4.69, 9.17) is 0 Å². The van der Waals surface area contributed by atoms with Gasteiger partial charge in [0.05, 0.1) is 0 Å². The van der Waals surface area contributed by atoms with Crippen LogP contribution in [0, 0.1) is 6.92 Å². The third-order valence-electron chi connectivity index (χ3n) is 3.40. The molecular weight excluding hydrogens is 266 g/mol. The van der Waals surface area contributed by atoms with Crippen molar-refractivity contribution in [1.29, 1.82) is 0 Å². The number of benzene rings is 1. The quantitative estimate of drug-likeness (QED) is 0.860. The van der Waals surface area contributed by atoms with E-state index in [0.717, 1.165) is 18.2 Å². The van der Waals surface area contributed by atoms with Gasteiger partial charge in [0.25, 0.3) is 0 Å². The van der Waals surface area contributed by atoms with Crippen molar-refractivity contribution >= 4 is 22.2 Å². The lowest BCUT2D eigenvalue weighted by Crippen LogP contribution is -2.17. The monoisotopic (exact) mass is 289 g/mol. The second kappa shape index (κ2) is 6.86. The SMILES string of the molecule is CCNC(C)c1cnc(N(CC)c2ccccc2C)s1. The highest BCUT2D eigenvalue weighted by molar-refractivity contribution is 7.15. The summed E-state index contributed by atoms with van der Waals surface area (Å²) in [7, 11) is 0. The molecule has 0 aliphatic carbocycles. The van der Waals surface area contributed by atoms with Crippen LogP contribution in [0.4, 0.5) is 10.8 Å². The molecule has 0 radical (unpaired) electrons. The molecule has 2 aromatic rings. The van der Waals surface area contributed by atoms with E-state index < -0.39 is 0 Å². The molecule has 0 amide bonds. The van der Waals surface area contributed by atoms with Crippen LogP contribution in [-0.2, 0) is 0 Å². The number of nitrogens with zero attached hydrogens (tertiary/aromatic N) is 2. The second-order valence-corrected chi connectivity index (χ2v) is 5.90. The number of anilines is 2. The molecule has 20 heavy (non-hydrogen) atoms. The molecular formula is C16H23N3S. The number of para-hydroxylation sites is 1. The summed E-state index contributed by atoms with van der Waals surface area (Å²) in [4.78, 5) is 8.18. The first-order valence-electron chi connectivity index (χ1n) is 7.19. The van der Waals surface area contributed by atoms with Crippen molar-refractivity contribution in [1.82, 2.24) is 10.3 Å². The minimum Gasteiger partial charge on any atom is -0.318 e. The zero-order chi connectivity index (χ0) is 14.5. The molecule has 1 unspecified atom stereocenters. The van der Waals surface area contributed by atoms with Gasteiger partial charge in [-0.15, -0.1) is 0 Å². The number of hydrogen-bond acceptors (Lipinski definition) is 4. The van der Waals surface area contributed by atoms with Crippen LogP contribution in [0.3, 0.4) is 0 Å². The van der Waals surface area contributed by atoms with Crippen molar-refractivity contribution in [3.63, 3.8) is 0 Å². The van der Waals surface area contributed by atoms with Crippen LogP contribution in [0.1, 0.15) is 37.3 Å². The number of thiazole rings is 1. The first kappa shape index (κ1) is 15.0. The van der Waals surface area contributed by atoms with Gasteiger partial charge in [0.1, 0.15) is 0 Å². The average molecular weight is 289 g/mol. The van der Waals surface area contributed by atoms with E-state index >= 15 is 0 Å². The molecule has 1 aromatic heterocycles. The lowest BCUT2D eigenvalue weighted by molar-refractivity contribution is 0.606. The Balaban J connectivity index is 2.27. The Bertz CT molecular complexity index is 550. The van der Waals surface area contributed by atoms with Crippen LogP contribution >= 0.6 is 11.3 Å². The highest BCUT2D eigenvalue weighted by Crippen LogP contribution is 2.33. The van der Waals surface area contributed by atoms with Gasteiger partial charge in [-0.2, -0.15) is 0 Å². The maximum atomic E-state index is 4.61. The Morgan fingerprint density at radius 1 is 1.30 bits per heavy atom. The molecule has 0 fully saturated rings. The standard InChI is InChI=1S/C16H23N3S/c1-5-17-13(4)15-11-18-16(20-15)19(6-2)14-10-8-7-9-12(14)3/h7-11,13,17H,5-6H2,1-4H3. The van der Waals surface area contributed by atoms with Gasteiger partial charge in [-0.05, 0) is 38.9 Å². The van der Waals surface area contributed by atoms with E-state index in [-0.39, 0.29) is 0 Å². The van der Waals surface area contributed by atoms with Crippen LogP contribution in [-0.4, -0.2) is 18.1 Å². The van der Waals surface area contributed by atoms with Crippen LogP contribution in [0.5, 0.6) is 0 Å². The van der Waals surface area contributed by atoms with Crippen LogP contribution in [0.25, 0.3) is 0 Å². The topological polar surface area (TPSA) is 28.2 Å². The lowest BCUT2D eigenvalue weighted by atomic mass is 10.2. The van der Waals surface area contributed by atoms with E-state index in [0.29, 0.717) is 6.04 Å². The summed E-state index contributed by atoms with van der Waals surface area (Å²) in [6.07, 6.45) is 1.99. The van der Waals surface area contributed by atoms with Crippen molar-refractivity contribution in [3.8, 4) is 0 Å². The zero-order valence-corrected chi connectivity index (χ0v) is 13.5. The second-order valence-electron chi connectivity index (χ2n) is 4.86. The van der Waals surface area contributed by atoms with E-state index in [9.17, 15) is 0 Å². The van der Waals surface area contributed by atoms with Gasteiger partial charge in [-0.3, -0.25) is 0 Å². The molecule has 1 N–H and O–H groups in total. The number of aromatic nitrogens is 1. The van der Waals surface area contributed by atoms with Crippen LogP contribution < -0.4 is 10.2 Å². The third-order valence-corrected chi connectivity index (χ3v) is 4.60. The largest absolute Gasteiger partial charge is 0.318 e. The Morgan fingerprint density at radius 2 is 2.05 bits per heavy atom. The molecule has 0 saturated heterocycles. The predicted octanol–water partition coefficient (Wildman–Crippen LogP) is 4.28. The molecule has 1 heterocycles. The lowest BCUT2D eigenvalue weighted by Gasteiger charge is -2.22. The fourth-order valence-electron chi connectivity index (χ4n) is 2.28. The van der Waals surface area contributed by atoms with Gasteiger partial charge in [0.15, 0.2) is 5.13 Å². The highest BCUT2D eigenvalue weighted by Gasteiger charge is 2.15. The van der Waals surface area contributed by atoms with Crippen molar-refractivity contribution < 1.29 is 0 Å². The molecule has 3 nitrogen and oxygen atoms in total. The van der Waals surface area contributed by atoms with Gasteiger partial charge in [-0.25, -0.2) is 4.98 Å². The minimum atomic E-state index is 0.363. The highest BCUT2D eigenvalue weighted by atomic mass is 32.1. The molecule has 0 bridgehead atoms. The summed E-state index contributed by atoms with van der Waals surface area (Å²) in [5.41, 5.74) is 2.53. The van der Waals surface area contributed by atoms with Crippen molar-refractivity contribution in [3.05, 3.63) is 40.9 Å². The summed E-state index contributed by atoms with van der Waals surface area (Å²) in [5, 5.41) is 4.51. The molecule has 4 heteroatoms. The summed E-state index contributed by atoms with van der Waals surface area (Å²) in [5.74, 6) is 0. The first-order chi connectivity index (χ1) is 9.67. The van der Waals surface area contributed by atoms with E-state index in [1.54, 1.807) is 11.3 Å². The number of aryl methyl sites for hydroxylation is 1. The summed E-state index contributed by atoms with van der Waals surface area (Å²) < 4.78 is 0. The van der Waals surface area contributed by atoms with Gasteiger partial charge in [0.2, 0.25) is 0 Å². The van der Waals surface area contributed by atoms with Crippen LogP contribution in [0.15, 0.2) is 30.5 Å². The third kappa shape index (κ3) is 3.19. The molecule has 108 valence electrons. The zero-order valence-electron chi connectivity index (χ0n) is 12.7. The Hall–Kier alpha value is -1.39. The maximum absolute atomic E-state index is 4.61. The van der Waals surface area contributed by atoms with Crippen molar-refractivity contribution in [2.45, 2.75) is 33.7 Å². The molecule has 1 aromatic carbocycles. The average Bonchev–Trinajstić information content (AvgIpc) is 2.92. The Labute approximate surface area is 125 Å². The smallest absolute Gasteiger partial charge is 0.190 e. The first-order valence-corrected chi connectivity index (χ1v) is 8.01. The Morgan fingerprint density at radius 3 is 2.70 bits per heavy atom. The summed E-state index contributed by atoms with van der Waals surface area (Å²) in [6.45, 7) is 10.5. The summed E-state index contributed by atoms with van der Waals surface area (Å²) >= 11 is 1.77. The fourth-order valence-corrected chi connectivity index (χ4v) is 3.30. The van der Waals surface area contributed by atoms with Gasteiger partial charge in [0, 0.05) is 29.3 Å². The molecule has 0 aliphatic heterocycles. The van der Waals surface area contributed by atoms with Crippen molar-refractivity contribution in [2.24, 2.45) is 0 Å². The molecule has 0 aliphatic rings. The normalized spacial score (nSPS) is 12.4. The fraction of sp³-hybridized carbons (Fsp3) is 0.438. The number of rotatable bonds is 6. The molecule has 1 atom stereocenters.